The van der Waals surface area contributed by atoms with Gasteiger partial charge in [-0.05, 0) is 17.2 Å². The Morgan fingerprint density at radius 2 is 1.88 bits per heavy atom. The van der Waals surface area contributed by atoms with Crippen LogP contribution >= 0.6 is 0 Å². The topological polar surface area (TPSA) is 26.3 Å². The fourth-order valence-electron chi connectivity index (χ4n) is 2.28. The van der Waals surface area contributed by atoms with E-state index in [-0.39, 0.29) is 12.1 Å². The molecule has 1 unspecified atom stereocenters. The molecule has 0 N–H and O–H groups in total. The van der Waals surface area contributed by atoms with E-state index in [1.165, 1.54) is 10.8 Å². The largest absolute Gasteiger partial charge is 0.457 e. The molecule has 2 aromatic rings. The molecular formula is C14H12O2. The number of fused-ring (bicyclic) bond motifs is 1. The first-order chi connectivity index (χ1) is 7.84. The highest BCUT2D eigenvalue weighted by atomic mass is 16.5. The number of benzene rings is 2. The fraction of sp³-hybridized carbons (Fsp3) is 0.214. The average molecular weight is 212 g/mol. The SMILES string of the molecule is O=C1CCC(c2cccc3ccccc23)O1. The minimum Gasteiger partial charge on any atom is -0.457 e. The van der Waals surface area contributed by atoms with Gasteiger partial charge in [-0.25, -0.2) is 0 Å². The lowest BCUT2D eigenvalue weighted by molar-refractivity contribution is -0.141. The van der Waals surface area contributed by atoms with Gasteiger partial charge in [-0.3, -0.25) is 4.79 Å². The van der Waals surface area contributed by atoms with Crippen LogP contribution in [-0.2, 0) is 9.53 Å². The third-order valence-corrected chi connectivity index (χ3v) is 3.05. The van der Waals surface area contributed by atoms with Gasteiger partial charge in [0.1, 0.15) is 6.10 Å². The van der Waals surface area contributed by atoms with Crippen molar-refractivity contribution in [2.45, 2.75) is 18.9 Å². The number of hydrogen-bond donors (Lipinski definition) is 0. The quantitative estimate of drug-likeness (QED) is 0.678. The number of hydrogen-bond acceptors (Lipinski definition) is 2. The Balaban J connectivity index is 2.13. The number of ether oxygens (including phenoxy) is 1. The van der Waals surface area contributed by atoms with Gasteiger partial charge in [0.05, 0.1) is 0 Å². The highest BCUT2D eigenvalue weighted by Crippen LogP contribution is 2.33. The number of esters is 1. The molecule has 0 radical (unpaired) electrons. The second-order valence-electron chi connectivity index (χ2n) is 4.09. The molecule has 2 aromatic carbocycles. The van der Waals surface area contributed by atoms with Crippen molar-refractivity contribution in [3.8, 4) is 0 Å². The minimum atomic E-state index is -0.0852. The number of carbonyl (C=O) groups is 1. The summed E-state index contributed by atoms with van der Waals surface area (Å²) in [5.41, 5.74) is 1.13. The van der Waals surface area contributed by atoms with Gasteiger partial charge in [0.15, 0.2) is 0 Å². The van der Waals surface area contributed by atoms with Crippen molar-refractivity contribution in [2.24, 2.45) is 0 Å². The maximum atomic E-state index is 11.1. The lowest BCUT2D eigenvalue weighted by Crippen LogP contribution is -1.99. The van der Waals surface area contributed by atoms with E-state index in [4.69, 9.17) is 4.74 Å². The molecule has 2 nitrogen and oxygen atoms in total. The van der Waals surface area contributed by atoms with Crippen LogP contribution in [0, 0.1) is 0 Å². The van der Waals surface area contributed by atoms with E-state index >= 15 is 0 Å². The van der Waals surface area contributed by atoms with Crippen molar-refractivity contribution in [3.63, 3.8) is 0 Å². The van der Waals surface area contributed by atoms with E-state index in [0.717, 1.165) is 12.0 Å². The molecule has 0 saturated carbocycles. The third kappa shape index (κ3) is 1.47. The van der Waals surface area contributed by atoms with Crippen LogP contribution in [0.15, 0.2) is 42.5 Å². The number of cyclic esters (lactones) is 1. The fourth-order valence-corrected chi connectivity index (χ4v) is 2.28. The predicted octanol–water partition coefficient (Wildman–Crippen LogP) is 3.22. The Morgan fingerprint density at radius 1 is 1.06 bits per heavy atom. The first-order valence-electron chi connectivity index (χ1n) is 5.52. The molecule has 0 aromatic heterocycles. The van der Waals surface area contributed by atoms with Gasteiger partial charge in [0.25, 0.3) is 0 Å². The first kappa shape index (κ1) is 9.40. The number of carbonyl (C=O) groups excluding carboxylic acids is 1. The molecule has 0 spiro atoms. The molecule has 80 valence electrons. The van der Waals surface area contributed by atoms with Crippen LogP contribution in [-0.4, -0.2) is 5.97 Å². The van der Waals surface area contributed by atoms with Gasteiger partial charge < -0.3 is 4.74 Å². The van der Waals surface area contributed by atoms with E-state index in [9.17, 15) is 4.79 Å². The molecule has 1 aliphatic rings. The van der Waals surface area contributed by atoms with Gasteiger partial charge in [-0.15, -0.1) is 0 Å². The second kappa shape index (κ2) is 3.63. The molecule has 1 aliphatic heterocycles. The summed E-state index contributed by atoms with van der Waals surface area (Å²) in [5.74, 6) is -0.0852. The van der Waals surface area contributed by atoms with Crippen LogP contribution in [0.3, 0.4) is 0 Å². The van der Waals surface area contributed by atoms with E-state index in [0.29, 0.717) is 6.42 Å². The summed E-state index contributed by atoms with van der Waals surface area (Å²) in [6, 6.07) is 14.3. The van der Waals surface area contributed by atoms with Crippen molar-refractivity contribution < 1.29 is 9.53 Å². The Hall–Kier alpha value is -1.83. The molecule has 2 heteroatoms. The highest BCUT2D eigenvalue weighted by Gasteiger charge is 2.25. The summed E-state index contributed by atoms with van der Waals surface area (Å²) in [6.07, 6.45) is 1.28. The van der Waals surface area contributed by atoms with E-state index < -0.39 is 0 Å². The highest BCUT2D eigenvalue weighted by molar-refractivity contribution is 5.86. The smallest absolute Gasteiger partial charge is 0.306 e. The van der Waals surface area contributed by atoms with E-state index in [1.54, 1.807) is 0 Å². The van der Waals surface area contributed by atoms with Crippen LogP contribution in [0.25, 0.3) is 10.8 Å². The zero-order valence-electron chi connectivity index (χ0n) is 8.85. The van der Waals surface area contributed by atoms with Crippen LogP contribution in [0.4, 0.5) is 0 Å². The van der Waals surface area contributed by atoms with Gasteiger partial charge >= 0.3 is 5.97 Å². The van der Waals surface area contributed by atoms with Crippen LogP contribution in [0.5, 0.6) is 0 Å². The summed E-state index contributed by atoms with van der Waals surface area (Å²) in [7, 11) is 0. The lowest BCUT2D eigenvalue weighted by Gasteiger charge is -2.12. The van der Waals surface area contributed by atoms with E-state index in [2.05, 4.69) is 18.2 Å². The Morgan fingerprint density at radius 3 is 2.69 bits per heavy atom. The standard InChI is InChI=1S/C14H12O2/c15-14-9-8-13(16-14)12-7-3-5-10-4-1-2-6-11(10)12/h1-7,13H,8-9H2. The molecule has 0 aliphatic carbocycles. The molecule has 3 rings (SSSR count). The van der Waals surface area contributed by atoms with Gasteiger partial charge in [-0.2, -0.15) is 0 Å². The normalized spacial score (nSPS) is 20.0. The Labute approximate surface area is 93.8 Å². The van der Waals surface area contributed by atoms with Gasteiger partial charge in [0.2, 0.25) is 0 Å². The van der Waals surface area contributed by atoms with Crippen molar-refractivity contribution in [2.75, 3.05) is 0 Å². The van der Waals surface area contributed by atoms with Crippen LogP contribution in [0.1, 0.15) is 24.5 Å². The monoisotopic (exact) mass is 212 g/mol. The first-order valence-corrected chi connectivity index (χ1v) is 5.52. The Bertz CT molecular complexity index is 540. The molecule has 0 bridgehead atoms. The molecule has 0 amide bonds. The second-order valence-corrected chi connectivity index (χ2v) is 4.09. The molecule has 1 saturated heterocycles. The maximum Gasteiger partial charge on any atom is 0.306 e. The molecular weight excluding hydrogens is 200 g/mol. The third-order valence-electron chi connectivity index (χ3n) is 3.05. The lowest BCUT2D eigenvalue weighted by atomic mass is 9.99. The summed E-state index contributed by atoms with van der Waals surface area (Å²) in [5, 5.41) is 2.38. The van der Waals surface area contributed by atoms with Gasteiger partial charge in [-0.1, -0.05) is 42.5 Å². The molecule has 1 fully saturated rings. The minimum absolute atomic E-state index is 0.0569. The zero-order chi connectivity index (χ0) is 11.0. The molecule has 1 heterocycles. The molecule has 16 heavy (non-hydrogen) atoms. The zero-order valence-corrected chi connectivity index (χ0v) is 8.85. The van der Waals surface area contributed by atoms with Crippen LogP contribution in [0.2, 0.25) is 0 Å². The molecule has 1 atom stereocenters. The van der Waals surface area contributed by atoms with Crippen molar-refractivity contribution in [3.05, 3.63) is 48.0 Å². The summed E-state index contributed by atoms with van der Waals surface area (Å²) < 4.78 is 5.32. The van der Waals surface area contributed by atoms with E-state index in [1.807, 2.05) is 24.3 Å². The summed E-state index contributed by atoms with van der Waals surface area (Å²) in [6.45, 7) is 0. The van der Waals surface area contributed by atoms with Crippen molar-refractivity contribution >= 4 is 16.7 Å². The van der Waals surface area contributed by atoms with Crippen molar-refractivity contribution in [1.82, 2.24) is 0 Å². The number of rotatable bonds is 1. The maximum absolute atomic E-state index is 11.1. The van der Waals surface area contributed by atoms with Crippen LogP contribution < -0.4 is 0 Å². The summed E-state index contributed by atoms with van der Waals surface area (Å²) in [4.78, 5) is 11.1. The van der Waals surface area contributed by atoms with Gasteiger partial charge in [0, 0.05) is 12.0 Å². The summed E-state index contributed by atoms with van der Waals surface area (Å²) >= 11 is 0. The average Bonchev–Trinajstić information content (AvgIpc) is 2.75. The Kier molecular flexibility index (Phi) is 2.13. The van der Waals surface area contributed by atoms with Crippen molar-refractivity contribution in [1.29, 1.82) is 0 Å². The predicted molar refractivity (Wildman–Crippen MR) is 62.0 cm³/mol.